The first-order valence-corrected chi connectivity index (χ1v) is 8.57. The summed E-state index contributed by atoms with van der Waals surface area (Å²) >= 11 is 4.40. The highest BCUT2D eigenvalue weighted by molar-refractivity contribution is 9.10. The van der Waals surface area contributed by atoms with E-state index in [9.17, 15) is 14.4 Å². The molecular weight excluding hydrogens is 396 g/mol. The summed E-state index contributed by atoms with van der Waals surface area (Å²) in [5.74, 6) is -1.18. The second kappa shape index (κ2) is 8.07. The summed E-state index contributed by atoms with van der Waals surface area (Å²) in [4.78, 5) is 36.0. The number of hydrogen-bond donors (Lipinski definition) is 2. The standard InChI is InChI=1S/C16H15BrN2O4S/c1-9(18-15(21)10-3-5-11(17)6-4-10)14(20)19-13-8-7-12(24-13)16(22)23-2/h3-9H,1-2H3,(H,18,21)(H,19,20)/t9-/m1/s1. The molecule has 0 saturated heterocycles. The Hall–Kier alpha value is -2.19. The van der Waals surface area contributed by atoms with Gasteiger partial charge in [-0.05, 0) is 43.3 Å². The summed E-state index contributed by atoms with van der Waals surface area (Å²) in [6.07, 6.45) is 0. The largest absolute Gasteiger partial charge is 0.465 e. The van der Waals surface area contributed by atoms with Gasteiger partial charge in [-0.25, -0.2) is 4.79 Å². The van der Waals surface area contributed by atoms with Crippen molar-refractivity contribution in [1.29, 1.82) is 0 Å². The fourth-order valence-electron chi connectivity index (χ4n) is 1.79. The summed E-state index contributed by atoms with van der Waals surface area (Å²) in [5.41, 5.74) is 0.460. The maximum Gasteiger partial charge on any atom is 0.348 e. The number of carbonyl (C=O) groups is 3. The fourth-order valence-corrected chi connectivity index (χ4v) is 2.88. The number of hydrogen-bond acceptors (Lipinski definition) is 5. The van der Waals surface area contributed by atoms with Crippen LogP contribution in [0.4, 0.5) is 5.00 Å². The van der Waals surface area contributed by atoms with E-state index in [-0.39, 0.29) is 11.8 Å². The Balaban J connectivity index is 1.94. The molecule has 1 aromatic heterocycles. The van der Waals surface area contributed by atoms with E-state index in [1.807, 2.05) is 0 Å². The number of ether oxygens (including phenoxy) is 1. The highest BCUT2D eigenvalue weighted by Gasteiger charge is 2.18. The molecule has 1 aromatic carbocycles. The van der Waals surface area contributed by atoms with Gasteiger partial charge < -0.3 is 15.4 Å². The van der Waals surface area contributed by atoms with Crippen LogP contribution in [0.3, 0.4) is 0 Å². The molecule has 0 radical (unpaired) electrons. The molecule has 2 N–H and O–H groups in total. The molecule has 0 aliphatic carbocycles. The number of benzene rings is 1. The Labute approximate surface area is 151 Å². The van der Waals surface area contributed by atoms with E-state index in [2.05, 4.69) is 31.3 Å². The Morgan fingerprint density at radius 1 is 1.12 bits per heavy atom. The molecule has 0 saturated carbocycles. The van der Waals surface area contributed by atoms with Crippen LogP contribution >= 0.6 is 27.3 Å². The molecule has 24 heavy (non-hydrogen) atoms. The van der Waals surface area contributed by atoms with E-state index in [0.717, 1.165) is 15.8 Å². The van der Waals surface area contributed by atoms with E-state index >= 15 is 0 Å². The van der Waals surface area contributed by atoms with E-state index in [1.54, 1.807) is 43.3 Å². The predicted molar refractivity (Wildman–Crippen MR) is 95.4 cm³/mol. The van der Waals surface area contributed by atoms with Gasteiger partial charge in [0.15, 0.2) is 0 Å². The lowest BCUT2D eigenvalue weighted by molar-refractivity contribution is -0.117. The van der Waals surface area contributed by atoms with E-state index in [1.165, 1.54) is 7.11 Å². The smallest absolute Gasteiger partial charge is 0.348 e. The molecule has 1 atom stereocenters. The van der Waals surface area contributed by atoms with Crippen LogP contribution in [0, 0.1) is 0 Å². The van der Waals surface area contributed by atoms with Gasteiger partial charge in [0.2, 0.25) is 5.91 Å². The molecule has 0 spiro atoms. The third-order valence-electron chi connectivity index (χ3n) is 3.09. The van der Waals surface area contributed by atoms with Gasteiger partial charge in [-0.1, -0.05) is 15.9 Å². The molecule has 0 unspecified atom stereocenters. The second-order valence-corrected chi connectivity index (χ2v) is 6.85. The third-order valence-corrected chi connectivity index (χ3v) is 4.60. The molecule has 2 amide bonds. The maximum absolute atomic E-state index is 12.1. The van der Waals surface area contributed by atoms with Gasteiger partial charge in [0, 0.05) is 10.0 Å². The van der Waals surface area contributed by atoms with E-state index < -0.39 is 12.0 Å². The van der Waals surface area contributed by atoms with Crippen LogP contribution in [0.5, 0.6) is 0 Å². The van der Waals surface area contributed by atoms with Gasteiger partial charge in [0.05, 0.1) is 12.1 Å². The average Bonchev–Trinajstić information content (AvgIpc) is 3.03. The molecule has 0 fully saturated rings. The zero-order valence-corrected chi connectivity index (χ0v) is 15.4. The summed E-state index contributed by atoms with van der Waals surface area (Å²) in [6.45, 7) is 1.58. The summed E-state index contributed by atoms with van der Waals surface area (Å²) in [7, 11) is 1.29. The van der Waals surface area contributed by atoms with Gasteiger partial charge in [-0.2, -0.15) is 0 Å². The highest BCUT2D eigenvalue weighted by Crippen LogP contribution is 2.22. The third kappa shape index (κ3) is 4.65. The average molecular weight is 411 g/mol. The number of methoxy groups -OCH3 is 1. The summed E-state index contributed by atoms with van der Waals surface area (Å²) < 4.78 is 5.48. The first-order chi connectivity index (χ1) is 11.4. The van der Waals surface area contributed by atoms with Crippen LogP contribution in [0.2, 0.25) is 0 Å². The topological polar surface area (TPSA) is 84.5 Å². The summed E-state index contributed by atoms with van der Waals surface area (Å²) in [5, 5.41) is 5.78. The first-order valence-electron chi connectivity index (χ1n) is 6.96. The van der Waals surface area contributed by atoms with Gasteiger partial charge in [0.25, 0.3) is 5.91 Å². The number of rotatable bonds is 5. The van der Waals surface area contributed by atoms with Crippen molar-refractivity contribution in [1.82, 2.24) is 5.32 Å². The van der Waals surface area contributed by atoms with E-state index in [0.29, 0.717) is 15.4 Å². The number of halogens is 1. The Kier molecular flexibility index (Phi) is 6.10. The lowest BCUT2D eigenvalue weighted by Gasteiger charge is -2.13. The zero-order valence-electron chi connectivity index (χ0n) is 13.0. The Morgan fingerprint density at radius 3 is 2.42 bits per heavy atom. The molecule has 2 rings (SSSR count). The molecule has 126 valence electrons. The van der Waals surface area contributed by atoms with Crippen LogP contribution in [0.25, 0.3) is 0 Å². The SMILES string of the molecule is COC(=O)c1ccc(NC(=O)[C@@H](C)NC(=O)c2ccc(Br)cc2)s1. The molecular formula is C16H15BrN2O4S. The number of esters is 1. The van der Waals surface area contributed by atoms with Gasteiger partial charge in [0.1, 0.15) is 10.9 Å². The molecule has 0 aliphatic rings. The minimum atomic E-state index is -0.732. The fraction of sp³-hybridized carbons (Fsp3) is 0.188. The minimum Gasteiger partial charge on any atom is -0.465 e. The van der Waals surface area contributed by atoms with Crippen LogP contribution < -0.4 is 10.6 Å². The number of nitrogens with one attached hydrogen (secondary N) is 2. The monoisotopic (exact) mass is 410 g/mol. The second-order valence-electron chi connectivity index (χ2n) is 4.85. The zero-order chi connectivity index (χ0) is 17.7. The van der Waals surface area contributed by atoms with Crippen LogP contribution in [-0.2, 0) is 9.53 Å². The normalized spacial score (nSPS) is 11.5. The number of thiophene rings is 1. The quantitative estimate of drug-likeness (QED) is 0.741. The number of amides is 2. The lowest BCUT2D eigenvalue weighted by Crippen LogP contribution is -2.41. The van der Waals surface area contributed by atoms with Crippen molar-refractivity contribution in [3.05, 3.63) is 51.3 Å². The molecule has 1 heterocycles. The van der Waals surface area contributed by atoms with Crippen molar-refractivity contribution in [3.63, 3.8) is 0 Å². The van der Waals surface area contributed by atoms with Crippen molar-refractivity contribution >= 4 is 50.1 Å². The maximum atomic E-state index is 12.1. The van der Waals surface area contributed by atoms with Crippen molar-refractivity contribution in [2.24, 2.45) is 0 Å². The van der Waals surface area contributed by atoms with Crippen LogP contribution in [-0.4, -0.2) is 30.9 Å². The predicted octanol–water partition coefficient (Wildman–Crippen LogP) is 3.05. The lowest BCUT2D eigenvalue weighted by atomic mass is 10.2. The van der Waals surface area contributed by atoms with Crippen LogP contribution in [0.1, 0.15) is 27.0 Å². The summed E-state index contributed by atoms with van der Waals surface area (Å²) in [6, 6.07) is 9.26. The number of anilines is 1. The highest BCUT2D eigenvalue weighted by atomic mass is 79.9. The minimum absolute atomic E-state index is 0.341. The molecule has 2 aromatic rings. The van der Waals surface area contributed by atoms with Gasteiger partial charge in [-0.15, -0.1) is 11.3 Å². The Bertz CT molecular complexity index is 758. The molecule has 6 nitrogen and oxygen atoms in total. The molecule has 0 aliphatic heterocycles. The number of carbonyl (C=O) groups excluding carboxylic acids is 3. The van der Waals surface area contributed by atoms with Crippen molar-refractivity contribution in [2.45, 2.75) is 13.0 Å². The van der Waals surface area contributed by atoms with Crippen LogP contribution in [0.15, 0.2) is 40.9 Å². The van der Waals surface area contributed by atoms with Gasteiger partial charge in [-0.3, -0.25) is 9.59 Å². The van der Waals surface area contributed by atoms with Gasteiger partial charge >= 0.3 is 5.97 Å². The first kappa shape index (κ1) is 18.2. The van der Waals surface area contributed by atoms with Crippen molar-refractivity contribution in [3.8, 4) is 0 Å². The van der Waals surface area contributed by atoms with Crippen molar-refractivity contribution < 1.29 is 19.1 Å². The molecule has 0 bridgehead atoms. The van der Waals surface area contributed by atoms with E-state index in [4.69, 9.17) is 0 Å². The Morgan fingerprint density at radius 2 is 1.79 bits per heavy atom. The van der Waals surface area contributed by atoms with Crippen molar-refractivity contribution in [2.75, 3.05) is 12.4 Å². The molecule has 8 heteroatoms.